The first-order valence-corrected chi connectivity index (χ1v) is 6.29. The highest BCUT2D eigenvalue weighted by Crippen LogP contribution is 2.13. The van der Waals surface area contributed by atoms with Crippen molar-refractivity contribution in [2.45, 2.75) is 6.10 Å². The number of hydrogen-bond acceptors (Lipinski definition) is 6. The Morgan fingerprint density at radius 2 is 2.10 bits per heavy atom. The van der Waals surface area contributed by atoms with Gasteiger partial charge in [0.25, 0.3) is 5.91 Å². The molecule has 0 aliphatic heterocycles. The minimum atomic E-state index is -1.44. The Labute approximate surface area is 122 Å². The highest BCUT2D eigenvalue weighted by molar-refractivity contribution is 9.10. The van der Waals surface area contributed by atoms with Gasteiger partial charge in [-0.05, 0) is 28.1 Å². The van der Waals surface area contributed by atoms with Crippen LogP contribution in [0.3, 0.4) is 0 Å². The van der Waals surface area contributed by atoms with Crippen LogP contribution in [-0.2, 0) is 14.3 Å². The molecule has 110 valence electrons. The van der Waals surface area contributed by atoms with Gasteiger partial charge in [-0.15, -0.1) is 0 Å². The van der Waals surface area contributed by atoms with Crippen molar-refractivity contribution in [2.24, 2.45) is 0 Å². The lowest BCUT2D eigenvalue weighted by Crippen LogP contribution is -2.42. The van der Waals surface area contributed by atoms with Crippen LogP contribution in [0.25, 0.3) is 0 Å². The molecule has 0 aliphatic carbocycles. The predicted molar refractivity (Wildman–Crippen MR) is 69.8 cm³/mol. The average Bonchev–Trinajstić information content (AvgIpc) is 2.87. The van der Waals surface area contributed by atoms with Crippen LogP contribution >= 0.6 is 15.9 Å². The van der Waals surface area contributed by atoms with E-state index in [9.17, 15) is 19.5 Å². The van der Waals surface area contributed by atoms with Gasteiger partial charge in [0.2, 0.25) is 5.91 Å². The van der Waals surface area contributed by atoms with Crippen molar-refractivity contribution in [3.05, 3.63) is 22.6 Å². The lowest BCUT2D eigenvalue weighted by molar-refractivity contribution is -0.150. The molecule has 1 atom stereocenters. The zero-order chi connectivity index (χ0) is 15.1. The maximum atomic E-state index is 11.5. The molecule has 8 nitrogen and oxygen atoms in total. The van der Waals surface area contributed by atoms with Crippen LogP contribution in [0.1, 0.15) is 10.6 Å². The first kappa shape index (κ1) is 16.2. The number of halogens is 1. The van der Waals surface area contributed by atoms with Gasteiger partial charge in [0, 0.05) is 0 Å². The second kappa shape index (κ2) is 7.65. The van der Waals surface area contributed by atoms with E-state index >= 15 is 0 Å². The maximum Gasteiger partial charge on any atom is 0.336 e. The van der Waals surface area contributed by atoms with E-state index in [0.717, 1.165) is 7.11 Å². The first-order chi connectivity index (χ1) is 9.43. The fraction of sp³-hybridized carbons (Fsp3) is 0.364. The zero-order valence-electron chi connectivity index (χ0n) is 10.5. The van der Waals surface area contributed by atoms with Gasteiger partial charge in [0.05, 0.1) is 20.2 Å². The third-order valence-electron chi connectivity index (χ3n) is 2.17. The zero-order valence-corrected chi connectivity index (χ0v) is 12.1. The molecule has 1 rings (SSSR count). The summed E-state index contributed by atoms with van der Waals surface area (Å²) in [7, 11) is 1.12. The number of aliphatic hydroxyl groups is 1. The summed E-state index contributed by atoms with van der Waals surface area (Å²) in [5, 5.41) is 13.8. The van der Waals surface area contributed by atoms with Gasteiger partial charge in [-0.25, -0.2) is 4.79 Å². The molecule has 1 unspecified atom stereocenters. The summed E-state index contributed by atoms with van der Waals surface area (Å²) in [5.74, 6) is -1.92. The lowest BCUT2D eigenvalue weighted by atomic mass is 10.3. The highest BCUT2D eigenvalue weighted by Gasteiger charge is 2.17. The summed E-state index contributed by atoms with van der Waals surface area (Å²) in [4.78, 5) is 33.8. The molecule has 2 amide bonds. The summed E-state index contributed by atoms with van der Waals surface area (Å²) in [6.07, 6.45) is -1.44. The van der Waals surface area contributed by atoms with Gasteiger partial charge in [0.1, 0.15) is 0 Å². The molecule has 1 aromatic heterocycles. The van der Waals surface area contributed by atoms with Crippen LogP contribution in [-0.4, -0.2) is 49.2 Å². The Bertz CT molecular complexity index is 501. The summed E-state index contributed by atoms with van der Waals surface area (Å²) in [6, 6.07) is 2.99. The number of rotatable bonds is 6. The summed E-state index contributed by atoms with van der Waals surface area (Å²) >= 11 is 3.04. The molecule has 0 spiro atoms. The van der Waals surface area contributed by atoms with Gasteiger partial charge < -0.3 is 24.9 Å². The normalized spacial score (nSPS) is 11.6. The minimum absolute atomic E-state index is 0.0549. The molecule has 9 heteroatoms. The van der Waals surface area contributed by atoms with E-state index in [-0.39, 0.29) is 18.8 Å². The number of nitrogens with one attached hydrogen (secondary N) is 2. The van der Waals surface area contributed by atoms with E-state index in [1.807, 2.05) is 0 Å². The maximum absolute atomic E-state index is 11.5. The van der Waals surface area contributed by atoms with Gasteiger partial charge in [-0.3, -0.25) is 9.59 Å². The van der Waals surface area contributed by atoms with Crippen molar-refractivity contribution < 1.29 is 28.6 Å². The number of aliphatic hydroxyl groups excluding tert-OH is 1. The molecule has 0 bridgehead atoms. The first-order valence-electron chi connectivity index (χ1n) is 5.50. The predicted octanol–water partition coefficient (Wildman–Crippen LogP) is -0.578. The van der Waals surface area contributed by atoms with Crippen molar-refractivity contribution in [1.82, 2.24) is 10.6 Å². The second-order valence-electron chi connectivity index (χ2n) is 3.63. The molecular weight excluding hydrogens is 336 g/mol. The number of carbonyl (C=O) groups excluding carboxylic acids is 3. The fourth-order valence-corrected chi connectivity index (χ4v) is 1.48. The van der Waals surface area contributed by atoms with Gasteiger partial charge in [-0.1, -0.05) is 0 Å². The Morgan fingerprint density at radius 3 is 2.65 bits per heavy atom. The van der Waals surface area contributed by atoms with E-state index in [2.05, 4.69) is 31.3 Å². The molecule has 0 radical (unpaired) electrons. The van der Waals surface area contributed by atoms with Crippen LogP contribution in [0.4, 0.5) is 0 Å². The molecular formula is C11H13BrN2O6. The molecule has 0 aromatic carbocycles. The van der Waals surface area contributed by atoms with Crippen LogP contribution < -0.4 is 10.6 Å². The molecule has 0 saturated carbocycles. The number of methoxy groups -OCH3 is 1. The third kappa shape index (κ3) is 5.02. The van der Waals surface area contributed by atoms with Crippen LogP contribution in [0.15, 0.2) is 21.2 Å². The van der Waals surface area contributed by atoms with Crippen LogP contribution in [0.5, 0.6) is 0 Å². The molecule has 1 heterocycles. The SMILES string of the molecule is COC(=O)C(O)CNC(=O)CNC(=O)c1ccc(Br)o1. The van der Waals surface area contributed by atoms with E-state index in [1.165, 1.54) is 6.07 Å². The molecule has 1 aromatic rings. The number of furan rings is 1. The van der Waals surface area contributed by atoms with Crippen LogP contribution in [0.2, 0.25) is 0 Å². The van der Waals surface area contributed by atoms with Gasteiger partial charge >= 0.3 is 5.97 Å². The average molecular weight is 349 g/mol. The Balaban J connectivity index is 2.30. The van der Waals surface area contributed by atoms with Crippen molar-refractivity contribution in [3.8, 4) is 0 Å². The van der Waals surface area contributed by atoms with Crippen molar-refractivity contribution >= 4 is 33.7 Å². The van der Waals surface area contributed by atoms with E-state index in [0.29, 0.717) is 4.67 Å². The van der Waals surface area contributed by atoms with Crippen molar-refractivity contribution in [1.29, 1.82) is 0 Å². The Kier molecular flexibility index (Phi) is 6.19. The van der Waals surface area contributed by atoms with Crippen molar-refractivity contribution in [2.75, 3.05) is 20.2 Å². The number of esters is 1. The monoisotopic (exact) mass is 348 g/mol. The quantitative estimate of drug-likeness (QED) is 0.592. The largest absolute Gasteiger partial charge is 0.467 e. The molecule has 0 saturated heterocycles. The smallest absolute Gasteiger partial charge is 0.336 e. The van der Waals surface area contributed by atoms with Gasteiger partial charge in [0.15, 0.2) is 16.5 Å². The van der Waals surface area contributed by atoms with Crippen LogP contribution in [0, 0.1) is 0 Å². The fourth-order valence-electron chi connectivity index (χ4n) is 1.18. The molecule has 0 aliphatic rings. The van der Waals surface area contributed by atoms with E-state index < -0.39 is 23.9 Å². The number of hydrogen-bond donors (Lipinski definition) is 3. The highest BCUT2D eigenvalue weighted by atomic mass is 79.9. The van der Waals surface area contributed by atoms with Crippen molar-refractivity contribution in [3.63, 3.8) is 0 Å². The Hall–Kier alpha value is -1.87. The molecule has 0 fully saturated rings. The topological polar surface area (TPSA) is 118 Å². The molecule has 3 N–H and O–H groups in total. The lowest BCUT2D eigenvalue weighted by Gasteiger charge is -2.09. The van der Waals surface area contributed by atoms with E-state index in [4.69, 9.17) is 4.42 Å². The number of ether oxygens (including phenoxy) is 1. The summed E-state index contributed by atoms with van der Waals surface area (Å²) < 4.78 is 9.67. The summed E-state index contributed by atoms with van der Waals surface area (Å²) in [5.41, 5.74) is 0. The number of amides is 2. The third-order valence-corrected chi connectivity index (χ3v) is 2.60. The number of carbonyl (C=O) groups is 3. The second-order valence-corrected chi connectivity index (χ2v) is 4.41. The minimum Gasteiger partial charge on any atom is -0.467 e. The van der Waals surface area contributed by atoms with E-state index in [1.54, 1.807) is 6.07 Å². The standard InChI is InChI=1S/C11H13BrN2O6/c1-19-11(18)6(15)4-13-9(16)5-14-10(17)7-2-3-8(12)20-7/h2-3,6,15H,4-5H2,1H3,(H,13,16)(H,14,17). The summed E-state index contributed by atoms with van der Waals surface area (Å²) in [6.45, 7) is -0.612. The Morgan fingerprint density at radius 1 is 1.40 bits per heavy atom. The van der Waals surface area contributed by atoms with Gasteiger partial charge in [-0.2, -0.15) is 0 Å². The molecule has 20 heavy (non-hydrogen) atoms.